The van der Waals surface area contributed by atoms with Gasteiger partial charge in [0.2, 0.25) is 0 Å². The van der Waals surface area contributed by atoms with E-state index in [4.69, 9.17) is 9.47 Å². The van der Waals surface area contributed by atoms with Gasteiger partial charge in [-0.05, 0) is 18.2 Å². The van der Waals surface area contributed by atoms with Crippen LogP contribution in [0.2, 0.25) is 0 Å². The number of halogens is 3. The summed E-state index contributed by atoms with van der Waals surface area (Å²) in [5.41, 5.74) is -0.540. The molecule has 0 saturated carbocycles. The molecule has 0 bridgehead atoms. The summed E-state index contributed by atoms with van der Waals surface area (Å²) >= 11 is 0. The van der Waals surface area contributed by atoms with Crippen molar-refractivity contribution in [1.82, 2.24) is 0 Å². The van der Waals surface area contributed by atoms with Gasteiger partial charge in [-0.3, -0.25) is 9.59 Å². The molecule has 2 aromatic carbocycles. The van der Waals surface area contributed by atoms with Gasteiger partial charge in [0.15, 0.2) is 6.10 Å². The van der Waals surface area contributed by atoms with E-state index in [1.54, 1.807) is 24.3 Å². The number of carbonyl (C=O) groups excluding carboxylic acids is 2. The van der Waals surface area contributed by atoms with Gasteiger partial charge in [0.1, 0.15) is 12.4 Å². The maximum atomic E-state index is 12.9. The highest BCUT2D eigenvalue weighted by Crippen LogP contribution is 2.32. The lowest BCUT2D eigenvalue weighted by atomic mass is 10.1. The lowest BCUT2D eigenvalue weighted by Gasteiger charge is -2.25. The second-order valence-corrected chi connectivity index (χ2v) is 5.61. The molecule has 0 radical (unpaired) electrons. The van der Waals surface area contributed by atoms with E-state index in [0.717, 1.165) is 6.07 Å². The zero-order valence-corrected chi connectivity index (χ0v) is 13.4. The Kier molecular flexibility index (Phi) is 4.83. The molecule has 0 fully saturated rings. The first-order chi connectivity index (χ1) is 12.3. The van der Waals surface area contributed by atoms with Crippen LogP contribution in [0.15, 0.2) is 48.5 Å². The van der Waals surface area contributed by atoms with Crippen LogP contribution in [-0.4, -0.2) is 18.0 Å². The average Bonchev–Trinajstić information content (AvgIpc) is 2.60. The lowest BCUT2D eigenvalue weighted by molar-refractivity contribution is -0.150. The molecule has 2 aromatic rings. The SMILES string of the molecule is O=C(CC1Oc2ccccc2NC1=O)OCc1ccccc1C(F)(F)F. The van der Waals surface area contributed by atoms with Crippen LogP contribution >= 0.6 is 0 Å². The third-order valence-corrected chi connectivity index (χ3v) is 3.77. The van der Waals surface area contributed by atoms with Crippen molar-refractivity contribution in [2.75, 3.05) is 5.32 Å². The average molecular weight is 365 g/mol. The molecule has 0 aromatic heterocycles. The molecule has 3 rings (SSSR count). The van der Waals surface area contributed by atoms with E-state index >= 15 is 0 Å². The molecule has 0 saturated heterocycles. The number of rotatable bonds is 4. The largest absolute Gasteiger partial charge is 0.478 e. The van der Waals surface area contributed by atoms with E-state index in [1.165, 1.54) is 18.2 Å². The Morgan fingerprint density at radius 2 is 1.81 bits per heavy atom. The zero-order chi connectivity index (χ0) is 18.7. The van der Waals surface area contributed by atoms with E-state index in [2.05, 4.69) is 5.32 Å². The molecule has 1 N–H and O–H groups in total. The number of anilines is 1. The Morgan fingerprint density at radius 1 is 1.12 bits per heavy atom. The van der Waals surface area contributed by atoms with E-state index in [-0.39, 0.29) is 5.56 Å². The number of carbonyl (C=O) groups is 2. The minimum atomic E-state index is -4.54. The molecule has 0 aliphatic carbocycles. The number of esters is 1. The molecule has 1 unspecified atom stereocenters. The van der Waals surface area contributed by atoms with Crippen molar-refractivity contribution >= 4 is 17.6 Å². The second kappa shape index (κ2) is 7.07. The molecule has 0 spiro atoms. The van der Waals surface area contributed by atoms with Crippen molar-refractivity contribution in [3.05, 3.63) is 59.7 Å². The van der Waals surface area contributed by atoms with E-state index < -0.39 is 42.7 Å². The molecule has 1 atom stereocenters. The van der Waals surface area contributed by atoms with Gasteiger partial charge < -0.3 is 14.8 Å². The number of alkyl halides is 3. The summed E-state index contributed by atoms with van der Waals surface area (Å²) in [6, 6.07) is 11.5. The first-order valence-electron chi connectivity index (χ1n) is 7.72. The highest BCUT2D eigenvalue weighted by Gasteiger charge is 2.34. The number of amides is 1. The predicted molar refractivity (Wildman–Crippen MR) is 85.3 cm³/mol. The molecule has 1 amide bonds. The molecule has 136 valence electrons. The van der Waals surface area contributed by atoms with Crippen LogP contribution in [0.25, 0.3) is 0 Å². The molecular weight excluding hydrogens is 351 g/mol. The highest BCUT2D eigenvalue weighted by molar-refractivity contribution is 5.99. The Hall–Kier alpha value is -3.03. The summed E-state index contributed by atoms with van der Waals surface area (Å²) in [4.78, 5) is 23.9. The van der Waals surface area contributed by atoms with E-state index in [1.807, 2.05) is 0 Å². The number of hydrogen-bond acceptors (Lipinski definition) is 4. The molecule has 1 aliphatic rings. The summed E-state index contributed by atoms with van der Waals surface area (Å²) in [5.74, 6) is -0.940. The van der Waals surface area contributed by atoms with Gasteiger partial charge in [-0.25, -0.2) is 0 Å². The van der Waals surface area contributed by atoms with Crippen LogP contribution in [0, 0.1) is 0 Å². The van der Waals surface area contributed by atoms with Crippen molar-refractivity contribution in [2.45, 2.75) is 25.3 Å². The van der Waals surface area contributed by atoms with Gasteiger partial charge in [-0.1, -0.05) is 30.3 Å². The minimum absolute atomic E-state index is 0.160. The Bertz CT molecular complexity index is 835. The normalized spacial score (nSPS) is 16.3. The topological polar surface area (TPSA) is 64.6 Å². The Balaban J connectivity index is 1.61. The first-order valence-corrected chi connectivity index (χ1v) is 7.72. The summed E-state index contributed by atoms with van der Waals surface area (Å²) in [5, 5.41) is 2.60. The third kappa shape index (κ3) is 3.96. The minimum Gasteiger partial charge on any atom is -0.478 e. The fraction of sp³-hybridized carbons (Fsp3) is 0.222. The van der Waals surface area contributed by atoms with Crippen LogP contribution in [-0.2, 0) is 27.1 Å². The van der Waals surface area contributed by atoms with Gasteiger partial charge >= 0.3 is 12.1 Å². The molecule has 1 heterocycles. The van der Waals surface area contributed by atoms with Crippen molar-refractivity contribution in [2.24, 2.45) is 0 Å². The quantitative estimate of drug-likeness (QED) is 0.842. The summed E-state index contributed by atoms with van der Waals surface area (Å²) < 4.78 is 49.1. The van der Waals surface area contributed by atoms with Gasteiger partial charge in [0, 0.05) is 5.56 Å². The zero-order valence-electron chi connectivity index (χ0n) is 13.4. The van der Waals surface area contributed by atoms with Crippen molar-refractivity contribution < 1.29 is 32.2 Å². The lowest BCUT2D eigenvalue weighted by Crippen LogP contribution is -2.38. The highest BCUT2D eigenvalue weighted by atomic mass is 19.4. The molecule has 26 heavy (non-hydrogen) atoms. The van der Waals surface area contributed by atoms with Crippen LogP contribution in [0.4, 0.5) is 18.9 Å². The smallest absolute Gasteiger partial charge is 0.416 e. The summed E-state index contributed by atoms with van der Waals surface area (Å²) in [6.45, 7) is -0.542. The number of nitrogens with one attached hydrogen (secondary N) is 1. The number of ether oxygens (including phenoxy) is 2. The monoisotopic (exact) mass is 365 g/mol. The second-order valence-electron chi connectivity index (χ2n) is 5.61. The van der Waals surface area contributed by atoms with Crippen LogP contribution in [0.5, 0.6) is 5.75 Å². The number of fused-ring (bicyclic) bond motifs is 1. The predicted octanol–water partition coefficient (Wildman–Crippen LogP) is 3.54. The van der Waals surface area contributed by atoms with Crippen LogP contribution in [0.3, 0.4) is 0 Å². The van der Waals surface area contributed by atoms with Gasteiger partial charge in [0.05, 0.1) is 17.7 Å². The first kappa shape index (κ1) is 17.8. The standard InChI is InChI=1S/C18H14F3NO4/c19-18(20,21)12-6-2-1-5-11(12)10-25-16(23)9-15-17(24)22-13-7-3-4-8-14(13)26-15/h1-8,15H,9-10H2,(H,22,24). The Morgan fingerprint density at radius 3 is 2.58 bits per heavy atom. The van der Waals surface area contributed by atoms with Gasteiger partial charge in [0.25, 0.3) is 5.91 Å². The van der Waals surface area contributed by atoms with E-state index in [0.29, 0.717) is 11.4 Å². The number of hydrogen-bond donors (Lipinski definition) is 1. The van der Waals surface area contributed by atoms with Crippen molar-refractivity contribution in [3.63, 3.8) is 0 Å². The fourth-order valence-corrected chi connectivity index (χ4v) is 2.52. The summed E-state index contributed by atoms with van der Waals surface area (Å²) in [6.07, 6.45) is -6.05. The van der Waals surface area contributed by atoms with Crippen LogP contribution < -0.4 is 10.1 Å². The molecule has 8 heteroatoms. The summed E-state index contributed by atoms with van der Waals surface area (Å²) in [7, 11) is 0. The number of para-hydroxylation sites is 2. The maximum absolute atomic E-state index is 12.9. The van der Waals surface area contributed by atoms with Gasteiger partial charge in [-0.2, -0.15) is 13.2 Å². The van der Waals surface area contributed by atoms with Crippen molar-refractivity contribution in [3.8, 4) is 5.75 Å². The van der Waals surface area contributed by atoms with Crippen LogP contribution in [0.1, 0.15) is 17.5 Å². The molecular formula is C18H14F3NO4. The molecule has 1 aliphatic heterocycles. The van der Waals surface area contributed by atoms with E-state index in [9.17, 15) is 22.8 Å². The maximum Gasteiger partial charge on any atom is 0.416 e. The number of benzene rings is 2. The Labute approximate surface area is 146 Å². The third-order valence-electron chi connectivity index (χ3n) is 3.77. The van der Waals surface area contributed by atoms with Gasteiger partial charge in [-0.15, -0.1) is 0 Å². The molecule has 5 nitrogen and oxygen atoms in total. The van der Waals surface area contributed by atoms with Crippen molar-refractivity contribution in [1.29, 1.82) is 0 Å². The fourth-order valence-electron chi connectivity index (χ4n) is 2.52.